The van der Waals surface area contributed by atoms with Crippen molar-refractivity contribution in [1.29, 1.82) is 0 Å². The van der Waals surface area contributed by atoms with Crippen molar-refractivity contribution in [3.8, 4) is 0 Å². The average molecular weight is 406 g/mol. The van der Waals surface area contributed by atoms with Crippen LogP contribution in [0, 0.1) is 6.92 Å². The van der Waals surface area contributed by atoms with Crippen molar-refractivity contribution in [3.05, 3.63) is 65.6 Å². The molecular formula is C23H27N5O2. The Bertz CT molecular complexity index is 1050. The van der Waals surface area contributed by atoms with Crippen molar-refractivity contribution in [2.45, 2.75) is 31.9 Å². The predicted octanol–water partition coefficient (Wildman–Crippen LogP) is 2.16. The first-order chi connectivity index (χ1) is 14.5. The predicted molar refractivity (Wildman–Crippen MR) is 117 cm³/mol. The number of aliphatic hydroxyl groups is 1. The molecule has 30 heavy (non-hydrogen) atoms. The minimum atomic E-state index is -1.00. The van der Waals surface area contributed by atoms with Crippen molar-refractivity contribution < 1.29 is 9.90 Å². The lowest BCUT2D eigenvalue weighted by atomic mass is 9.92. The number of β-amino-alcohol motifs (C(OH)–C–C–N with tert-alkyl or cyclic N) is 1. The third-order valence-electron chi connectivity index (χ3n) is 5.64. The summed E-state index contributed by atoms with van der Waals surface area (Å²) in [6.07, 6.45) is 5.02. The lowest BCUT2D eigenvalue weighted by Gasteiger charge is -2.41. The number of piperidine rings is 1. The molecule has 0 radical (unpaired) electrons. The van der Waals surface area contributed by atoms with E-state index in [1.807, 2.05) is 37.4 Å². The summed E-state index contributed by atoms with van der Waals surface area (Å²) in [5, 5.41) is 15.1. The number of amides is 1. The molecule has 4 N–H and O–H groups in total. The zero-order valence-electron chi connectivity index (χ0n) is 17.1. The molecule has 0 aliphatic carbocycles. The molecule has 3 heterocycles. The highest BCUT2D eigenvalue weighted by Gasteiger charge is 2.34. The van der Waals surface area contributed by atoms with Crippen molar-refractivity contribution >= 4 is 22.5 Å². The Morgan fingerprint density at radius 2 is 2.10 bits per heavy atom. The van der Waals surface area contributed by atoms with E-state index in [-0.39, 0.29) is 12.5 Å². The molecule has 0 saturated carbocycles. The highest BCUT2D eigenvalue weighted by atomic mass is 16.3. The minimum absolute atomic E-state index is 0.196. The van der Waals surface area contributed by atoms with Gasteiger partial charge in [-0.25, -0.2) is 0 Å². The maximum atomic E-state index is 12.5. The van der Waals surface area contributed by atoms with E-state index in [0.717, 1.165) is 40.8 Å². The fourth-order valence-corrected chi connectivity index (χ4v) is 4.04. The second kappa shape index (κ2) is 8.38. The van der Waals surface area contributed by atoms with Crippen LogP contribution in [0.2, 0.25) is 0 Å². The molecule has 0 unspecified atom stereocenters. The number of hydrogen-bond acceptors (Lipinski definition) is 6. The summed E-state index contributed by atoms with van der Waals surface area (Å²) in [5.74, 6) is -0.196. The topological polar surface area (TPSA) is 104 Å². The van der Waals surface area contributed by atoms with E-state index >= 15 is 0 Å². The quantitative estimate of drug-likeness (QED) is 0.601. The SMILES string of the molecule is Cc1cc(N2CCC[C@](O)(CNC(=O)c3ccc(CN)cc3)C2)c2cnccc2n1. The normalized spacial score (nSPS) is 19.1. The summed E-state index contributed by atoms with van der Waals surface area (Å²) in [7, 11) is 0. The van der Waals surface area contributed by atoms with Crippen LogP contribution in [-0.4, -0.2) is 46.2 Å². The molecule has 4 rings (SSSR count). The van der Waals surface area contributed by atoms with Crippen LogP contribution in [0.4, 0.5) is 5.69 Å². The van der Waals surface area contributed by atoms with E-state index in [2.05, 4.69) is 20.2 Å². The van der Waals surface area contributed by atoms with Crippen LogP contribution in [-0.2, 0) is 6.54 Å². The summed E-state index contributed by atoms with van der Waals surface area (Å²) >= 11 is 0. The van der Waals surface area contributed by atoms with Gasteiger partial charge in [-0.15, -0.1) is 0 Å². The molecule has 1 saturated heterocycles. The van der Waals surface area contributed by atoms with Crippen LogP contribution < -0.4 is 16.0 Å². The van der Waals surface area contributed by atoms with Crippen LogP contribution in [0.5, 0.6) is 0 Å². The van der Waals surface area contributed by atoms with Gasteiger partial charge in [0.15, 0.2) is 0 Å². The smallest absolute Gasteiger partial charge is 0.251 e. The molecule has 3 aromatic rings. The van der Waals surface area contributed by atoms with Crippen LogP contribution >= 0.6 is 0 Å². The number of benzene rings is 1. The molecule has 0 bridgehead atoms. The Morgan fingerprint density at radius 3 is 2.87 bits per heavy atom. The van der Waals surface area contributed by atoms with Gasteiger partial charge in [0.1, 0.15) is 0 Å². The number of fused-ring (bicyclic) bond motifs is 1. The largest absolute Gasteiger partial charge is 0.386 e. The van der Waals surface area contributed by atoms with Gasteiger partial charge in [-0.1, -0.05) is 12.1 Å². The number of nitrogens with two attached hydrogens (primary N) is 1. The van der Waals surface area contributed by atoms with Gasteiger partial charge in [-0.2, -0.15) is 0 Å². The van der Waals surface area contributed by atoms with Gasteiger partial charge in [0.2, 0.25) is 0 Å². The summed E-state index contributed by atoms with van der Waals surface area (Å²) in [4.78, 5) is 23.5. The van der Waals surface area contributed by atoms with E-state index in [1.165, 1.54) is 0 Å². The lowest BCUT2D eigenvalue weighted by Crippen LogP contribution is -2.54. The number of nitrogens with zero attached hydrogens (tertiary/aromatic N) is 3. The van der Waals surface area contributed by atoms with Crippen molar-refractivity contribution in [2.24, 2.45) is 5.73 Å². The van der Waals surface area contributed by atoms with Gasteiger partial charge in [0.05, 0.1) is 11.1 Å². The second-order valence-corrected chi connectivity index (χ2v) is 8.01. The van der Waals surface area contributed by atoms with E-state index in [0.29, 0.717) is 25.1 Å². The molecular weight excluding hydrogens is 378 g/mol. The van der Waals surface area contributed by atoms with Gasteiger partial charge in [-0.05, 0) is 49.6 Å². The molecule has 1 aliphatic rings. The first kappa shape index (κ1) is 20.3. The molecule has 2 aromatic heterocycles. The number of aromatic nitrogens is 2. The first-order valence-corrected chi connectivity index (χ1v) is 10.2. The number of anilines is 1. The number of hydrogen-bond donors (Lipinski definition) is 3. The van der Waals surface area contributed by atoms with E-state index < -0.39 is 5.60 Å². The Morgan fingerprint density at radius 1 is 1.30 bits per heavy atom. The lowest BCUT2D eigenvalue weighted by molar-refractivity contribution is 0.0257. The van der Waals surface area contributed by atoms with E-state index in [1.54, 1.807) is 18.3 Å². The molecule has 1 atom stereocenters. The zero-order valence-corrected chi connectivity index (χ0v) is 17.1. The summed E-state index contributed by atoms with van der Waals surface area (Å²) < 4.78 is 0. The molecule has 0 spiro atoms. The Hall–Kier alpha value is -3.03. The van der Waals surface area contributed by atoms with Crippen LogP contribution in [0.25, 0.3) is 10.9 Å². The fourth-order valence-electron chi connectivity index (χ4n) is 4.04. The number of rotatable bonds is 5. The second-order valence-electron chi connectivity index (χ2n) is 8.01. The van der Waals surface area contributed by atoms with Gasteiger partial charge < -0.3 is 21.1 Å². The highest BCUT2D eigenvalue weighted by molar-refractivity contribution is 5.94. The Balaban J connectivity index is 1.48. The summed E-state index contributed by atoms with van der Waals surface area (Å²) in [6.45, 7) is 3.88. The zero-order chi connectivity index (χ0) is 21.1. The number of aryl methyl sites for hydroxylation is 1. The summed E-state index contributed by atoms with van der Waals surface area (Å²) in [6, 6.07) is 11.1. The molecule has 1 fully saturated rings. The minimum Gasteiger partial charge on any atom is -0.386 e. The molecule has 156 valence electrons. The number of nitrogens with one attached hydrogen (secondary N) is 1. The third kappa shape index (κ3) is 4.27. The van der Waals surface area contributed by atoms with Crippen LogP contribution in [0.3, 0.4) is 0 Å². The summed E-state index contributed by atoms with van der Waals surface area (Å²) in [5.41, 5.74) is 8.98. The van der Waals surface area contributed by atoms with Gasteiger partial charge >= 0.3 is 0 Å². The van der Waals surface area contributed by atoms with Gasteiger partial charge in [-0.3, -0.25) is 14.8 Å². The van der Waals surface area contributed by atoms with Crippen molar-refractivity contribution in [2.75, 3.05) is 24.5 Å². The number of pyridine rings is 2. The van der Waals surface area contributed by atoms with E-state index in [4.69, 9.17) is 5.73 Å². The molecule has 7 nitrogen and oxygen atoms in total. The average Bonchev–Trinajstić information content (AvgIpc) is 2.77. The third-order valence-corrected chi connectivity index (χ3v) is 5.64. The molecule has 1 aliphatic heterocycles. The van der Waals surface area contributed by atoms with Crippen LogP contribution in [0.15, 0.2) is 48.8 Å². The van der Waals surface area contributed by atoms with E-state index in [9.17, 15) is 9.90 Å². The van der Waals surface area contributed by atoms with Crippen LogP contribution in [0.1, 0.15) is 34.5 Å². The van der Waals surface area contributed by atoms with Gasteiger partial charge in [0.25, 0.3) is 5.91 Å². The number of carbonyl (C=O) groups excluding carboxylic acids is 1. The first-order valence-electron chi connectivity index (χ1n) is 10.2. The molecule has 1 amide bonds. The highest BCUT2D eigenvalue weighted by Crippen LogP contribution is 2.31. The maximum absolute atomic E-state index is 12.5. The van der Waals surface area contributed by atoms with Crippen molar-refractivity contribution in [1.82, 2.24) is 15.3 Å². The standard InChI is InChI=1S/C23H27N5O2/c1-16-11-21(19-13-25-9-7-20(19)27-16)28-10-2-8-23(30,15-28)14-26-22(29)18-5-3-17(12-24)4-6-18/h3-7,9,11,13,30H,2,8,10,12,14-15,24H2,1H3,(H,26,29)/t23-/m0/s1. The number of carbonyl (C=O) groups is 1. The molecule has 1 aromatic carbocycles. The Kier molecular flexibility index (Phi) is 5.65. The van der Waals surface area contributed by atoms with Gasteiger partial charge in [0, 0.05) is 60.9 Å². The molecule has 7 heteroatoms. The maximum Gasteiger partial charge on any atom is 0.251 e. The Labute approximate surface area is 175 Å². The van der Waals surface area contributed by atoms with Crippen molar-refractivity contribution in [3.63, 3.8) is 0 Å². The monoisotopic (exact) mass is 405 g/mol. The fraction of sp³-hybridized carbons (Fsp3) is 0.348.